The lowest BCUT2D eigenvalue weighted by Gasteiger charge is -2.17. The van der Waals surface area contributed by atoms with Crippen molar-refractivity contribution in [3.63, 3.8) is 0 Å². The zero-order valence-corrected chi connectivity index (χ0v) is 11.7. The van der Waals surface area contributed by atoms with E-state index in [9.17, 15) is 0 Å². The normalized spacial score (nSPS) is 24.3. The Morgan fingerprint density at radius 3 is 3.05 bits per heavy atom. The summed E-state index contributed by atoms with van der Waals surface area (Å²) in [5.41, 5.74) is 0.685. The molecule has 0 spiro atoms. The van der Waals surface area contributed by atoms with Crippen molar-refractivity contribution in [3.8, 4) is 0 Å². The molecule has 1 aliphatic rings. The van der Waals surface area contributed by atoms with Crippen molar-refractivity contribution in [2.75, 3.05) is 5.32 Å². The third-order valence-electron chi connectivity index (χ3n) is 3.88. The summed E-state index contributed by atoms with van der Waals surface area (Å²) < 4.78 is 0. The SMILES string of the molecule is CC1CCCC(Nc2nc(Cl)nc3[nH]ncc23)CC1. The number of H-pyrrole nitrogens is 1. The van der Waals surface area contributed by atoms with E-state index in [0.29, 0.717) is 11.7 Å². The number of nitrogens with one attached hydrogen (secondary N) is 2. The Balaban J connectivity index is 1.82. The van der Waals surface area contributed by atoms with Gasteiger partial charge in [-0.05, 0) is 36.8 Å². The highest BCUT2D eigenvalue weighted by Gasteiger charge is 2.18. The minimum Gasteiger partial charge on any atom is -0.367 e. The van der Waals surface area contributed by atoms with E-state index in [1.807, 2.05) is 0 Å². The summed E-state index contributed by atoms with van der Waals surface area (Å²) in [4.78, 5) is 8.42. The van der Waals surface area contributed by atoms with Crippen molar-refractivity contribution in [1.82, 2.24) is 20.2 Å². The van der Waals surface area contributed by atoms with E-state index in [2.05, 4.69) is 32.4 Å². The summed E-state index contributed by atoms with van der Waals surface area (Å²) >= 11 is 5.94. The van der Waals surface area contributed by atoms with Crippen LogP contribution in [0.1, 0.15) is 39.0 Å². The molecule has 1 fully saturated rings. The van der Waals surface area contributed by atoms with Crippen LogP contribution in [0.2, 0.25) is 5.28 Å². The lowest BCUT2D eigenvalue weighted by atomic mass is 10.0. The van der Waals surface area contributed by atoms with E-state index in [1.165, 1.54) is 32.1 Å². The Morgan fingerprint density at radius 2 is 2.16 bits per heavy atom. The van der Waals surface area contributed by atoms with Gasteiger partial charge in [-0.15, -0.1) is 0 Å². The van der Waals surface area contributed by atoms with Gasteiger partial charge in [0.2, 0.25) is 5.28 Å². The second-order valence-electron chi connectivity index (χ2n) is 5.43. The van der Waals surface area contributed by atoms with Crippen molar-refractivity contribution in [2.45, 2.75) is 45.1 Å². The highest BCUT2D eigenvalue weighted by molar-refractivity contribution is 6.28. The topological polar surface area (TPSA) is 66.5 Å². The number of hydrogen-bond acceptors (Lipinski definition) is 4. The van der Waals surface area contributed by atoms with Crippen LogP contribution in [0.4, 0.5) is 5.82 Å². The van der Waals surface area contributed by atoms with E-state index in [4.69, 9.17) is 11.6 Å². The maximum absolute atomic E-state index is 5.94. The van der Waals surface area contributed by atoms with Gasteiger partial charge in [0.05, 0.1) is 11.6 Å². The van der Waals surface area contributed by atoms with Gasteiger partial charge in [-0.3, -0.25) is 5.10 Å². The molecule has 0 aromatic carbocycles. The van der Waals surface area contributed by atoms with Crippen molar-refractivity contribution in [3.05, 3.63) is 11.5 Å². The Morgan fingerprint density at radius 1 is 1.26 bits per heavy atom. The van der Waals surface area contributed by atoms with Gasteiger partial charge in [-0.1, -0.05) is 19.8 Å². The molecule has 0 amide bonds. The molecule has 2 aromatic rings. The van der Waals surface area contributed by atoms with E-state index in [0.717, 1.165) is 17.1 Å². The molecular weight excluding hydrogens is 262 g/mol. The summed E-state index contributed by atoms with van der Waals surface area (Å²) in [6, 6.07) is 0.467. The minimum atomic E-state index is 0.251. The monoisotopic (exact) mass is 279 g/mol. The molecule has 102 valence electrons. The summed E-state index contributed by atoms with van der Waals surface area (Å²) in [6.45, 7) is 2.33. The molecule has 1 aliphatic carbocycles. The van der Waals surface area contributed by atoms with Gasteiger partial charge in [0.1, 0.15) is 5.82 Å². The average molecular weight is 280 g/mol. The van der Waals surface area contributed by atoms with Crippen molar-refractivity contribution >= 4 is 28.5 Å². The molecule has 0 radical (unpaired) electrons. The van der Waals surface area contributed by atoms with E-state index < -0.39 is 0 Å². The highest BCUT2D eigenvalue weighted by atomic mass is 35.5. The largest absolute Gasteiger partial charge is 0.367 e. The van der Waals surface area contributed by atoms with Gasteiger partial charge in [-0.25, -0.2) is 0 Å². The lowest BCUT2D eigenvalue weighted by Crippen LogP contribution is -2.19. The fourth-order valence-corrected chi connectivity index (χ4v) is 2.91. The number of rotatable bonds is 2. The first-order valence-corrected chi connectivity index (χ1v) is 7.23. The Bertz CT molecular complexity index is 567. The number of nitrogens with zero attached hydrogens (tertiary/aromatic N) is 3. The first kappa shape index (κ1) is 12.7. The smallest absolute Gasteiger partial charge is 0.226 e. The molecule has 1 saturated carbocycles. The average Bonchev–Trinajstić information content (AvgIpc) is 2.74. The van der Waals surface area contributed by atoms with Crippen LogP contribution in [0.5, 0.6) is 0 Å². The van der Waals surface area contributed by atoms with Crippen molar-refractivity contribution in [1.29, 1.82) is 0 Å². The fourth-order valence-electron chi connectivity index (χ4n) is 2.74. The zero-order valence-electron chi connectivity index (χ0n) is 11.0. The van der Waals surface area contributed by atoms with E-state index >= 15 is 0 Å². The van der Waals surface area contributed by atoms with Crippen LogP contribution in [0.15, 0.2) is 6.20 Å². The minimum absolute atomic E-state index is 0.251. The standard InChI is InChI=1S/C13H18ClN5/c1-8-3-2-4-9(6-5-8)16-11-10-7-15-19-12(10)18-13(14)17-11/h7-9H,2-6H2,1H3,(H2,15,16,17,18,19). The molecule has 2 unspecified atom stereocenters. The number of halogens is 1. The van der Waals surface area contributed by atoms with E-state index in [-0.39, 0.29) is 5.28 Å². The van der Waals surface area contributed by atoms with Crippen molar-refractivity contribution in [2.24, 2.45) is 5.92 Å². The van der Waals surface area contributed by atoms with Crippen LogP contribution in [0.3, 0.4) is 0 Å². The van der Waals surface area contributed by atoms with Gasteiger partial charge < -0.3 is 5.32 Å². The quantitative estimate of drug-likeness (QED) is 0.653. The second-order valence-corrected chi connectivity index (χ2v) is 5.77. The van der Waals surface area contributed by atoms with Gasteiger partial charge >= 0.3 is 0 Å². The molecule has 6 heteroatoms. The number of hydrogen-bond donors (Lipinski definition) is 2. The molecule has 0 bridgehead atoms. The molecule has 2 aromatic heterocycles. The maximum atomic E-state index is 5.94. The maximum Gasteiger partial charge on any atom is 0.226 e. The van der Waals surface area contributed by atoms with Gasteiger partial charge in [0, 0.05) is 6.04 Å². The third kappa shape index (κ3) is 2.81. The first-order valence-electron chi connectivity index (χ1n) is 6.85. The molecular formula is C13H18ClN5. The number of aromatic amines is 1. The molecule has 0 aliphatic heterocycles. The van der Waals surface area contributed by atoms with Gasteiger partial charge in [-0.2, -0.15) is 15.1 Å². The number of fused-ring (bicyclic) bond motifs is 1. The molecule has 0 saturated heterocycles. The van der Waals surface area contributed by atoms with Gasteiger partial charge in [0.15, 0.2) is 5.65 Å². The molecule has 5 nitrogen and oxygen atoms in total. The van der Waals surface area contributed by atoms with Crippen LogP contribution in [-0.4, -0.2) is 26.2 Å². The second kappa shape index (κ2) is 5.33. The van der Waals surface area contributed by atoms with Crippen LogP contribution >= 0.6 is 11.6 Å². The Hall–Kier alpha value is -1.36. The van der Waals surface area contributed by atoms with E-state index in [1.54, 1.807) is 6.20 Å². The molecule has 2 heterocycles. The lowest BCUT2D eigenvalue weighted by molar-refractivity contribution is 0.502. The van der Waals surface area contributed by atoms with Crippen LogP contribution in [0.25, 0.3) is 11.0 Å². The number of aromatic nitrogens is 4. The Kier molecular flexibility index (Phi) is 3.55. The predicted molar refractivity (Wildman–Crippen MR) is 76.4 cm³/mol. The summed E-state index contributed by atoms with van der Waals surface area (Å²) in [5, 5.41) is 11.5. The summed E-state index contributed by atoms with van der Waals surface area (Å²) in [5.74, 6) is 1.62. The third-order valence-corrected chi connectivity index (χ3v) is 4.05. The highest BCUT2D eigenvalue weighted by Crippen LogP contribution is 2.27. The molecule has 2 N–H and O–H groups in total. The molecule has 3 rings (SSSR count). The zero-order chi connectivity index (χ0) is 13.2. The molecule has 2 atom stereocenters. The number of anilines is 1. The van der Waals surface area contributed by atoms with Crippen LogP contribution in [-0.2, 0) is 0 Å². The van der Waals surface area contributed by atoms with Crippen LogP contribution < -0.4 is 5.32 Å². The molecule has 19 heavy (non-hydrogen) atoms. The Labute approximate surface area is 117 Å². The predicted octanol–water partition coefficient (Wildman–Crippen LogP) is 3.39. The fraction of sp³-hybridized carbons (Fsp3) is 0.615. The first-order chi connectivity index (χ1) is 9.22. The van der Waals surface area contributed by atoms with Crippen molar-refractivity contribution < 1.29 is 0 Å². The summed E-state index contributed by atoms with van der Waals surface area (Å²) in [7, 11) is 0. The van der Waals surface area contributed by atoms with Crippen LogP contribution in [0, 0.1) is 5.92 Å². The summed E-state index contributed by atoms with van der Waals surface area (Å²) in [6.07, 6.45) is 7.97. The van der Waals surface area contributed by atoms with Gasteiger partial charge in [0.25, 0.3) is 0 Å².